The standard InChI is InChI=1S/C26H49N3O4/c1-19(2)17-23(25(30)28-27-18-20(3)4)22(14-10-13-21-11-6-5-7-12-21)26(31)29-33-24-15-8-9-16-32-24/h19-24,27H,5-18H2,1-4H3,(H,28,30)(H,29,31)/t22-,23+,24?/m0/s1. The highest BCUT2D eigenvalue weighted by Crippen LogP contribution is 2.31. The molecule has 1 aliphatic heterocycles. The number of hydrogen-bond acceptors (Lipinski definition) is 5. The van der Waals surface area contributed by atoms with Gasteiger partial charge in [-0.1, -0.05) is 72.6 Å². The summed E-state index contributed by atoms with van der Waals surface area (Å²) in [5.41, 5.74) is 8.57. The Kier molecular flexibility index (Phi) is 13.3. The van der Waals surface area contributed by atoms with Crippen molar-refractivity contribution in [3.8, 4) is 0 Å². The van der Waals surface area contributed by atoms with E-state index in [-0.39, 0.29) is 11.8 Å². The lowest BCUT2D eigenvalue weighted by molar-refractivity contribution is -0.203. The van der Waals surface area contributed by atoms with Gasteiger partial charge in [-0.2, -0.15) is 0 Å². The van der Waals surface area contributed by atoms with E-state index in [1.807, 2.05) is 0 Å². The highest BCUT2D eigenvalue weighted by molar-refractivity contribution is 5.87. The van der Waals surface area contributed by atoms with Gasteiger partial charge in [-0.25, -0.2) is 15.7 Å². The van der Waals surface area contributed by atoms with Gasteiger partial charge in [0.1, 0.15) is 0 Å². The zero-order valence-electron chi connectivity index (χ0n) is 21.5. The van der Waals surface area contributed by atoms with Crippen molar-refractivity contribution in [3.05, 3.63) is 0 Å². The fourth-order valence-corrected chi connectivity index (χ4v) is 5.02. The number of hydroxylamine groups is 1. The molecule has 2 amide bonds. The normalized spacial score (nSPS) is 21.7. The predicted molar refractivity (Wildman–Crippen MR) is 131 cm³/mol. The van der Waals surface area contributed by atoms with E-state index in [1.165, 1.54) is 32.1 Å². The molecular weight excluding hydrogens is 418 g/mol. The highest BCUT2D eigenvalue weighted by atomic mass is 16.8. The fourth-order valence-electron chi connectivity index (χ4n) is 5.02. The molecule has 3 N–H and O–H groups in total. The quantitative estimate of drug-likeness (QED) is 0.317. The van der Waals surface area contributed by atoms with E-state index in [9.17, 15) is 9.59 Å². The molecule has 0 spiro atoms. The van der Waals surface area contributed by atoms with Gasteiger partial charge in [0.15, 0.2) is 6.29 Å². The second-order valence-corrected chi connectivity index (χ2v) is 10.9. The van der Waals surface area contributed by atoms with E-state index >= 15 is 0 Å². The van der Waals surface area contributed by atoms with Gasteiger partial charge in [-0.3, -0.25) is 15.0 Å². The molecule has 1 saturated carbocycles. The van der Waals surface area contributed by atoms with Gasteiger partial charge in [-0.05, 0) is 43.4 Å². The minimum Gasteiger partial charge on any atom is -0.350 e. The van der Waals surface area contributed by atoms with Crippen LogP contribution in [0.5, 0.6) is 0 Å². The Morgan fingerprint density at radius 1 is 0.909 bits per heavy atom. The zero-order chi connectivity index (χ0) is 24.1. The van der Waals surface area contributed by atoms with Gasteiger partial charge in [-0.15, -0.1) is 0 Å². The molecule has 1 aliphatic carbocycles. The number of rotatable bonds is 14. The maximum atomic E-state index is 13.3. The fraction of sp³-hybridized carbons (Fsp3) is 0.923. The van der Waals surface area contributed by atoms with Crippen molar-refractivity contribution >= 4 is 11.8 Å². The number of hydrogen-bond donors (Lipinski definition) is 3. The summed E-state index contributed by atoms with van der Waals surface area (Å²) in [5, 5.41) is 0. The second kappa shape index (κ2) is 15.7. The summed E-state index contributed by atoms with van der Waals surface area (Å²) in [6, 6.07) is 0. The van der Waals surface area contributed by atoms with E-state index in [1.54, 1.807) is 0 Å². The molecule has 0 bridgehead atoms. The van der Waals surface area contributed by atoms with Crippen LogP contribution in [0.2, 0.25) is 0 Å². The van der Waals surface area contributed by atoms with Crippen LogP contribution >= 0.6 is 0 Å². The third-order valence-corrected chi connectivity index (χ3v) is 6.89. The first-order chi connectivity index (χ1) is 15.9. The van der Waals surface area contributed by atoms with Gasteiger partial charge in [0, 0.05) is 19.6 Å². The molecule has 192 valence electrons. The molecular formula is C26H49N3O4. The highest BCUT2D eigenvalue weighted by Gasteiger charge is 2.35. The van der Waals surface area contributed by atoms with Crippen LogP contribution in [0.4, 0.5) is 0 Å². The first-order valence-electron chi connectivity index (χ1n) is 13.5. The Bertz CT molecular complexity index is 558. The van der Waals surface area contributed by atoms with E-state index in [2.05, 4.69) is 44.0 Å². The molecule has 0 aromatic carbocycles. The van der Waals surface area contributed by atoms with Crippen LogP contribution in [0.3, 0.4) is 0 Å². The molecule has 33 heavy (non-hydrogen) atoms. The van der Waals surface area contributed by atoms with Crippen LogP contribution in [0.25, 0.3) is 0 Å². The van der Waals surface area contributed by atoms with Gasteiger partial charge < -0.3 is 4.74 Å². The predicted octanol–water partition coefficient (Wildman–Crippen LogP) is 4.87. The molecule has 1 heterocycles. The van der Waals surface area contributed by atoms with Crippen molar-refractivity contribution in [1.29, 1.82) is 0 Å². The monoisotopic (exact) mass is 467 g/mol. The number of amides is 2. The van der Waals surface area contributed by atoms with Gasteiger partial charge in [0.05, 0.1) is 11.8 Å². The zero-order valence-corrected chi connectivity index (χ0v) is 21.5. The molecule has 1 unspecified atom stereocenters. The van der Waals surface area contributed by atoms with Crippen LogP contribution in [0.1, 0.15) is 105 Å². The summed E-state index contributed by atoms with van der Waals surface area (Å²) < 4.78 is 5.59. The number of ether oxygens (including phenoxy) is 1. The van der Waals surface area contributed by atoms with E-state index in [0.29, 0.717) is 37.8 Å². The van der Waals surface area contributed by atoms with E-state index < -0.39 is 18.1 Å². The Labute approximate surface area is 201 Å². The van der Waals surface area contributed by atoms with Crippen molar-refractivity contribution in [2.45, 2.75) is 111 Å². The molecule has 0 aromatic heterocycles. The molecule has 7 heteroatoms. The van der Waals surface area contributed by atoms with Crippen LogP contribution in [0, 0.1) is 29.6 Å². The summed E-state index contributed by atoms with van der Waals surface area (Å²) in [7, 11) is 0. The molecule has 3 atom stereocenters. The molecule has 0 radical (unpaired) electrons. The van der Waals surface area contributed by atoms with Crippen molar-refractivity contribution in [1.82, 2.24) is 16.3 Å². The maximum Gasteiger partial charge on any atom is 0.247 e. The second-order valence-electron chi connectivity index (χ2n) is 10.9. The van der Waals surface area contributed by atoms with Crippen molar-refractivity contribution in [3.63, 3.8) is 0 Å². The minimum absolute atomic E-state index is 0.101. The first-order valence-corrected chi connectivity index (χ1v) is 13.5. The van der Waals surface area contributed by atoms with Crippen LogP contribution in [-0.4, -0.2) is 31.3 Å². The van der Waals surface area contributed by atoms with Crippen molar-refractivity contribution in [2.24, 2.45) is 29.6 Å². The topological polar surface area (TPSA) is 88.7 Å². The van der Waals surface area contributed by atoms with Gasteiger partial charge in [0.2, 0.25) is 11.8 Å². The van der Waals surface area contributed by atoms with Gasteiger partial charge in [0.25, 0.3) is 0 Å². The molecule has 2 aliphatic rings. The largest absolute Gasteiger partial charge is 0.350 e. The van der Waals surface area contributed by atoms with Gasteiger partial charge >= 0.3 is 0 Å². The summed E-state index contributed by atoms with van der Waals surface area (Å²) in [6.07, 6.45) is 12.5. The number of carbonyl (C=O) groups is 2. The third kappa shape index (κ3) is 11.2. The molecule has 1 saturated heterocycles. The number of hydrazine groups is 1. The van der Waals surface area contributed by atoms with E-state index in [0.717, 1.165) is 38.0 Å². The van der Waals surface area contributed by atoms with Crippen molar-refractivity contribution in [2.75, 3.05) is 13.2 Å². The summed E-state index contributed by atoms with van der Waals surface area (Å²) in [5.74, 6) is 0.384. The molecule has 2 rings (SSSR count). The number of nitrogens with one attached hydrogen (secondary N) is 3. The molecule has 2 fully saturated rings. The smallest absolute Gasteiger partial charge is 0.247 e. The Morgan fingerprint density at radius 3 is 2.27 bits per heavy atom. The summed E-state index contributed by atoms with van der Waals surface area (Å²) >= 11 is 0. The van der Waals surface area contributed by atoms with Crippen LogP contribution in [-0.2, 0) is 19.2 Å². The third-order valence-electron chi connectivity index (χ3n) is 6.89. The maximum absolute atomic E-state index is 13.3. The Morgan fingerprint density at radius 2 is 1.64 bits per heavy atom. The summed E-state index contributed by atoms with van der Waals surface area (Å²) in [6.45, 7) is 9.75. The Balaban J connectivity index is 2.01. The molecule has 7 nitrogen and oxygen atoms in total. The average molecular weight is 468 g/mol. The van der Waals surface area contributed by atoms with Crippen LogP contribution in [0.15, 0.2) is 0 Å². The Hall–Kier alpha value is -1.18. The van der Waals surface area contributed by atoms with E-state index in [4.69, 9.17) is 9.57 Å². The lowest BCUT2D eigenvalue weighted by Gasteiger charge is -2.29. The van der Waals surface area contributed by atoms with Crippen LogP contribution < -0.4 is 16.3 Å². The summed E-state index contributed by atoms with van der Waals surface area (Å²) in [4.78, 5) is 32.0. The number of carbonyl (C=O) groups excluding carboxylic acids is 2. The average Bonchev–Trinajstić information content (AvgIpc) is 2.80. The first kappa shape index (κ1) is 28.1. The van der Waals surface area contributed by atoms with Crippen molar-refractivity contribution < 1.29 is 19.2 Å². The SMILES string of the molecule is CC(C)CNNC(=O)[C@H](CC(C)C)[C@H](CCCC1CCCCC1)C(=O)NOC1CCCCO1. The molecule has 0 aromatic rings. The minimum atomic E-state index is -0.416. The lowest BCUT2D eigenvalue weighted by atomic mass is 9.79. The lowest BCUT2D eigenvalue weighted by Crippen LogP contribution is -2.48.